The third-order valence-corrected chi connectivity index (χ3v) is 3.85. The number of carbonyl (C=O) groups excluding carboxylic acids is 1. The van der Waals surface area contributed by atoms with E-state index in [4.69, 9.17) is 4.74 Å². The maximum absolute atomic E-state index is 12.7. The molecule has 0 radical (unpaired) electrons. The van der Waals surface area contributed by atoms with Crippen LogP contribution >= 0.6 is 0 Å². The smallest absolute Gasteiger partial charge is 0.168 e. The number of benzene rings is 2. The van der Waals surface area contributed by atoms with Crippen molar-refractivity contribution < 1.29 is 9.53 Å². The van der Waals surface area contributed by atoms with Gasteiger partial charge in [-0.15, -0.1) is 0 Å². The average molecular weight is 266 g/mol. The molecule has 1 saturated heterocycles. The second-order valence-corrected chi connectivity index (χ2v) is 5.18. The second-order valence-electron chi connectivity index (χ2n) is 5.18. The van der Waals surface area contributed by atoms with Gasteiger partial charge in [-0.25, -0.2) is 0 Å². The van der Waals surface area contributed by atoms with Gasteiger partial charge in [0, 0.05) is 12.2 Å². The zero-order chi connectivity index (χ0) is 13.8. The van der Waals surface area contributed by atoms with Crippen molar-refractivity contribution in [2.45, 2.75) is 18.9 Å². The third-order valence-electron chi connectivity index (χ3n) is 3.85. The molecule has 0 amide bonds. The average Bonchev–Trinajstić information content (AvgIpc) is 2.56. The summed E-state index contributed by atoms with van der Waals surface area (Å²) in [5.41, 5.74) is 1.88. The zero-order valence-corrected chi connectivity index (χ0v) is 11.4. The molecular formula is C18H18O2. The van der Waals surface area contributed by atoms with Crippen molar-refractivity contribution in [2.75, 3.05) is 6.61 Å². The minimum Gasteiger partial charge on any atom is -0.373 e. The first-order valence-electron chi connectivity index (χ1n) is 7.12. The fourth-order valence-electron chi connectivity index (χ4n) is 2.84. The SMILES string of the molecule is O=C(c1ccccc1)[C@@H]1CCCO[C@@H]1c1ccccc1. The Hall–Kier alpha value is -1.93. The van der Waals surface area contributed by atoms with Crippen LogP contribution < -0.4 is 0 Å². The lowest BCUT2D eigenvalue weighted by atomic mass is 9.84. The summed E-state index contributed by atoms with van der Waals surface area (Å²) in [6, 6.07) is 19.6. The van der Waals surface area contributed by atoms with Crippen LogP contribution in [0.5, 0.6) is 0 Å². The number of hydrogen-bond donors (Lipinski definition) is 0. The van der Waals surface area contributed by atoms with E-state index in [0.717, 1.165) is 30.6 Å². The molecule has 1 aliphatic heterocycles. The third kappa shape index (κ3) is 2.66. The maximum atomic E-state index is 12.7. The molecule has 2 nitrogen and oxygen atoms in total. The highest BCUT2D eigenvalue weighted by atomic mass is 16.5. The van der Waals surface area contributed by atoms with E-state index in [1.165, 1.54) is 0 Å². The minimum atomic E-state index is -0.113. The molecule has 3 rings (SSSR count). The van der Waals surface area contributed by atoms with E-state index < -0.39 is 0 Å². The standard InChI is InChI=1S/C18H18O2/c19-17(14-8-3-1-4-9-14)16-12-7-13-20-18(16)15-10-5-2-6-11-15/h1-6,8-11,16,18H,7,12-13H2/t16-,18+/m0/s1. The van der Waals surface area contributed by atoms with E-state index >= 15 is 0 Å². The van der Waals surface area contributed by atoms with Crippen molar-refractivity contribution in [3.05, 3.63) is 71.8 Å². The van der Waals surface area contributed by atoms with Crippen molar-refractivity contribution in [3.63, 3.8) is 0 Å². The Balaban J connectivity index is 1.88. The number of rotatable bonds is 3. The highest BCUT2D eigenvalue weighted by molar-refractivity contribution is 5.98. The largest absolute Gasteiger partial charge is 0.373 e. The summed E-state index contributed by atoms with van der Waals surface area (Å²) in [4.78, 5) is 12.7. The van der Waals surface area contributed by atoms with Gasteiger partial charge < -0.3 is 4.74 Å². The molecule has 2 atom stereocenters. The monoisotopic (exact) mass is 266 g/mol. The van der Waals surface area contributed by atoms with Crippen molar-refractivity contribution in [2.24, 2.45) is 5.92 Å². The molecule has 102 valence electrons. The Morgan fingerprint density at radius 1 is 0.950 bits per heavy atom. The van der Waals surface area contributed by atoms with E-state index in [-0.39, 0.29) is 17.8 Å². The van der Waals surface area contributed by atoms with Crippen molar-refractivity contribution in [1.29, 1.82) is 0 Å². The van der Waals surface area contributed by atoms with Crippen LogP contribution in [-0.2, 0) is 4.74 Å². The Kier molecular flexibility index (Phi) is 3.93. The summed E-state index contributed by atoms with van der Waals surface area (Å²) in [7, 11) is 0. The molecule has 0 aliphatic carbocycles. The van der Waals surface area contributed by atoms with Gasteiger partial charge in [0.05, 0.1) is 12.0 Å². The van der Waals surface area contributed by atoms with Gasteiger partial charge in [0.25, 0.3) is 0 Å². The molecule has 2 heteroatoms. The summed E-state index contributed by atoms with van der Waals surface area (Å²) in [6.45, 7) is 0.734. The first kappa shape index (κ1) is 13.1. The molecule has 20 heavy (non-hydrogen) atoms. The van der Waals surface area contributed by atoms with Gasteiger partial charge in [-0.05, 0) is 18.4 Å². The van der Waals surface area contributed by atoms with Crippen LogP contribution in [0.25, 0.3) is 0 Å². The number of hydrogen-bond acceptors (Lipinski definition) is 2. The highest BCUT2D eigenvalue weighted by Gasteiger charge is 2.33. The van der Waals surface area contributed by atoms with Crippen LogP contribution in [0.1, 0.15) is 34.9 Å². The van der Waals surface area contributed by atoms with Gasteiger partial charge in [0.2, 0.25) is 0 Å². The summed E-state index contributed by atoms with van der Waals surface area (Å²) in [5.74, 6) is 0.118. The van der Waals surface area contributed by atoms with Crippen LogP contribution in [0.2, 0.25) is 0 Å². The summed E-state index contributed by atoms with van der Waals surface area (Å²) < 4.78 is 5.90. The van der Waals surface area contributed by atoms with Crippen LogP contribution in [-0.4, -0.2) is 12.4 Å². The molecule has 0 bridgehead atoms. The van der Waals surface area contributed by atoms with Crippen molar-refractivity contribution >= 4 is 5.78 Å². The zero-order valence-electron chi connectivity index (χ0n) is 11.4. The van der Waals surface area contributed by atoms with Gasteiger partial charge in [-0.1, -0.05) is 60.7 Å². The summed E-state index contributed by atoms with van der Waals surface area (Å²) in [6.07, 6.45) is 1.73. The fraction of sp³-hybridized carbons (Fsp3) is 0.278. The number of carbonyl (C=O) groups is 1. The van der Waals surface area contributed by atoms with E-state index in [2.05, 4.69) is 0 Å². The van der Waals surface area contributed by atoms with Crippen LogP contribution in [0.3, 0.4) is 0 Å². The molecule has 0 unspecified atom stereocenters. The van der Waals surface area contributed by atoms with E-state index in [0.29, 0.717) is 0 Å². The first-order chi connectivity index (χ1) is 9.86. The fourth-order valence-corrected chi connectivity index (χ4v) is 2.84. The predicted molar refractivity (Wildman–Crippen MR) is 78.6 cm³/mol. The Bertz CT molecular complexity index is 562. The lowest BCUT2D eigenvalue weighted by molar-refractivity contribution is -0.0201. The highest BCUT2D eigenvalue weighted by Crippen LogP contribution is 2.35. The van der Waals surface area contributed by atoms with Crippen LogP contribution in [0, 0.1) is 5.92 Å². The topological polar surface area (TPSA) is 26.3 Å². The van der Waals surface area contributed by atoms with Gasteiger partial charge in [0.1, 0.15) is 0 Å². The lowest BCUT2D eigenvalue weighted by Crippen LogP contribution is -2.29. The molecule has 1 fully saturated rings. The van der Waals surface area contributed by atoms with Gasteiger partial charge in [-0.3, -0.25) is 4.79 Å². The van der Waals surface area contributed by atoms with Crippen LogP contribution in [0.4, 0.5) is 0 Å². The van der Waals surface area contributed by atoms with E-state index in [1.807, 2.05) is 60.7 Å². The molecular weight excluding hydrogens is 248 g/mol. The maximum Gasteiger partial charge on any atom is 0.168 e. The number of ketones is 1. The van der Waals surface area contributed by atoms with Crippen LogP contribution in [0.15, 0.2) is 60.7 Å². The summed E-state index contributed by atoms with van der Waals surface area (Å²) >= 11 is 0. The number of Topliss-reactive ketones (excluding diaryl/α,β-unsaturated/α-hetero) is 1. The normalized spacial score (nSPS) is 22.4. The predicted octanol–water partition coefficient (Wildman–Crippen LogP) is 4.04. The minimum absolute atomic E-state index is 0.0754. The lowest BCUT2D eigenvalue weighted by Gasteiger charge is -2.31. The number of ether oxygens (including phenoxy) is 1. The van der Waals surface area contributed by atoms with Crippen molar-refractivity contribution in [3.8, 4) is 0 Å². The molecule has 0 N–H and O–H groups in total. The van der Waals surface area contributed by atoms with E-state index in [1.54, 1.807) is 0 Å². The van der Waals surface area contributed by atoms with Crippen molar-refractivity contribution in [1.82, 2.24) is 0 Å². The summed E-state index contributed by atoms with van der Waals surface area (Å²) in [5, 5.41) is 0. The van der Waals surface area contributed by atoms with Gasteiger partial charge >= 0.3 is 0 Å². The molecule has 1 aliphatic rings. The first-order valence-corrected chi connectivity index (χ1v) is 7.12. The van der Waals surface area contributed by atoms with Gasteiger partial charge in [0.15, 0.2) is 5.78 Å². The molecule has 2 aromatic rings. The Labute approximate surface area is 119 Å². The Morgan fingerprint density at radius 2 is 1.60 bits per heavy atom. The van der Waals surface area contributed by atoms with Gasteiger partial charge in [-0.2, -0.15) is 0 Å². The van der Waals surface area contributed by atoms with E-state index in [9.17, 15) is 4.79 Å². The molecule has 0 spiro atoms. The quantitative estimate of drug-likeness (QED) is 0.784. The Morgan fingerprint density at radius 3 is 2.30 bits per heavy atom. The second kappa shape index (κ2) is 6.02. The molecule has 1 heterocycles. The molecule has 2 aromatic carbocycles. The molecule has 0 saturated carbocycles. The molecule has 0 aromatic heterocycles.